The standard InChI is InChI=1S/C20H19N5O2S2/c1-11(2)17-23-24-20(29-17)22-16(26)15-12(3)14-18(28-15)21-10-25(19(14)27)9-13-7-5-4-6-8-13/h4-8,10-11H,9H2,1-3H3,(H,22,24,26). The number of nitrogens with one attached hydrogen (secondary N) is 1. The normalized spacial score (nSPS) is 11.3. The Labute approximate surface area is 175 Å². The smallest absolute Gasteiger partial charge is 0.267 e. The lowest BCUT2D eigenvalue weighted by atomic mass is 10.2. The Morgan fingerprint density at radius 2 is 1.93 bits per heavy atom. The van der Waals surface area contributed by atoms with E-state index >= 15 is 0 Å². The zero-order valence-corrected chi connectivity index (χ0v) is 17.8. The van der Waals surface area contributed by atoms with Gasteiger partial charge in [-0.05, 0) is 18.1 Å². The Balaban J connectivity index is 1.65. The van der Waals surface area contributed by atoms with Crippen LogP contribution in [-0.4, -0.2) is 25.7 Å². The van der Waals surface area contributed by atoms with Crippen molar-refractivity contribution in [1.82, 2.24) is 19.7 Å². The fourth-order valence-corrected chi connectivity index (χ4v) is 4.72. The number of carbonyl (C=O) groups is 1. The van der Waals surface area contributed by atoms with Crippen molar-refractivity contribution >= 4 is 43.9 Å². The van der Waals surface area contributed by atoms with Gasteiger partial charge in [0.1, 0.15) is 9.84 Å². The van der Waals surface area contributed by atoms with E-state index < -0.39 is 0 Å². The Bertz CT molecular complexity index is 1240. The molecule has 3 aromatic heterocycles. The summed E-state index contributed by atoms with van der Waals surface area (Å²) in [5, 5.41) is 12.7. The second-order valence-corrected chi connectivity index (χ2v) is 8.96. The summed E-state index contributed by atoms with van der Waals surface area (Å²) in [6.07, 6.45) is 1.54. The molecule has 148 valence electrons. The molecule has 29 heavy (non-hydrogen) atoms. The van der Waals surface area contributed by atoms with Crippen LogP contribution in [0, 0.1) is 6.92 Å². The maximum Gasteiger partial charge on any atom is 0.267 e. The van der Waals surface area contributed by atoms with E-state index in [2.05, 4.69) is 20.5 Å². The van der Waals surface area contributed by atoms with Crippen molar-refractivity contribution < 1.29 is 4.79 Å². The van der Waals surface area contributed by atoms with E-state index in [-0.39, 0.29) is 17.4 Å². The number of fused-ring (bicyclic) bond motifs is 1. The average Bonchev–Trinajstić information content (AvgIpc) is 3.30. The number of benzene rings is 1. The molecule has 1 aromatic carbocycles. The van der Waals surface area contributed by atoms with E-state index in [0.717, 1.165) is 10.6 Å². The summed E-state index contributed by atoms with van der Waals surface area (Å²) in [4.78, 5) is 31.2. The lowest BCUT2D eigenvalue weighted by Gasteiger charge is -2.05. The lowest BCUT2D eigenvalue weighted by Crippen LogP contribution is -2.21. The minimum atomic E-state index is -0.300. The molecule has 0 spiro atoms. The van der Waals surface area contributed by atoms with Gasteiger partial charge in [-0.15, -0.1) is 21.5 Å². The Kier molecular flexibility index (Phi) is 5.25. The van der Waals surface area contributed by atoms with Gasteiger partial charge in [0, 0.05) is 5.92 Å². The quantitative estimate of drug-likeness (QED) is 0.521. The summed E-state index contributed by atoms with van der Waals surface area (Å²) in [6.45, 7) is 6.26. The molecule has 0 saturated carbocycles. The first-order valence-corrected chi connectivity index (χ1v) is 10.7. The van der Waals surface area contributed by atoms with Crippen LogP contribution in [0.25, 0.3) is 10.2 Å². The molecule has 9 heteroatoms. The van der Waals surface area contributed by atoms with E-state index in [0.29, 0.717) is 32.3 Å². The number of hydrogen-bond donors (Lipinski definition) is 1. The number of aromatic nitrogens is 4. The molecule has 1 N–H and O–H groups in total. The Morgan fingerprint density at radius 1 is 1.17 bits per heavy atom. The monoisotopic (exact) mass is 425 g/mol. The number of hydrogen-bond acceptors (Lipinski definition) is 7. The highest BCUT2D eigenvalue weighted by Gasteiger charge is 2.21. The van der Waals surface area contributed by atoms with Gasteiger partial charge in [-0.3, -0.25) is 19.5 Å². The van der Waals surface area contributed by atoms with E-state index in [1.54, 1.807) is 11.5 Å². The topological polar surface area (TPSA) is 89.8 Å². The second-order valence-electron chi connectivity index (χ2n) is 6.95. The molecule has 0 saturated heterocycles. The Hall–Kier alpha value is -2.91. The van der Waals surface area contributed by atoms with Crippen molar-refractivity contribution in [2.24, 2.45) is 0 Å². The van der Waals surface area contributed by atoms with Crippen molar-refractivity contribution in [2.75, 3.05) is 5.32 Å². The maximum absolute atomic E-state index is 13.0. The highest BCUT2D eigenvalue weighted by molar-refractivity contribution is 7.21. The van der Waals surface area contributed by atoms with Gasteiger partial charge in [0.15, 0.2) is 0 Å². The van der Waals surface area contributed by atoms with Gasteiger partial charge in [-0.1, -0.05) is 55.5 Å². The van der Waals surface area contributed by atoms with E-state index in [9.17, 15) is 9.59 Å². The molecule has 0 atom stereocenters. The van der Waals surface area contributed by atoms with Crippen LogP contribution in [0.1, 0.15) is 45.6 Å². The highest BCUT2D eigenvalue weighted by atomic mass is 32.1. The van der Waals surface area contributed by atoms with Gasteiger partial charge >= 0.3 is 0 Å². The second kappa shape index (κ2) is 7.84. The molecule has 7 nitrogen and oxygen atoms in total. The first-order chi connectivity index (χ1) is 13.9. The average molecular weight is 426 g/mol. The summed E-state index contributed by atoms with van der Waals surface area (Å²) in [5.74, 6) is -0.0533. The van der Waals surface area contributed by atoms with Crippen molar-refractivity contribution in [3.63, 3.8) is 0 Å². The fourth-order valence-electron chi connectivity index (χ4n) is 2.94. The molecule has 0 radical (unpaired) electrons. The molecule has 0 unspecified atom stereocenters. The summed E-state index contributed by atoms with van der Waals surface area (Å²) in [7, 11) is 0. The van der Waals surface area contributed by atoms with Gasteiger partial charge in [0.25, 0.3) is 11.5 Å². The third-order valence-corrected chi connectivity index (χ3v) is 6.81. The largest absolute Gasteiger partial charge is 0.296 e. The molecular formula is C20H19N5O2S2. The zero-order chi connectivity index (χ0) is 20.5. The number of rotatable bonds is 5. The number of aryl methyl sites for hydroxylation is 1. The summed E-state index contributed by atoms with van der Waals surface area (Å²) in [5.41, 5.74) is 1.50. The van der Waals surface area contributed by atoms with Crippen LogP contribution in [-0.2, 0) is 6.54 Å². The number of amides is 1. The van der Waals surface area contributed by atoms with Gasteiger partial charge in [-0.2, -0.15) is 0 Å². The fraction of sp³-hybridized carbons (Fsp3) is 0.250. The minimum Gasteiger partial charge on any atom is -0.296 e. The molecule has 4 aromatic rings. The zero-order valence-electron chi connectivity index (χ0n) is 16.2. The molecular weight excluding hydrogens is 406 g/mol. The van der Waals surface area contributed by atoms with Gasteiger partial charge in [0.05, 0.1) is 23.1 Å². The molecule has 0 fully saturated rings. The van der Waals surface area contributed by atoms with Crippen LogP contribution in [0.5, 0.6) is 0 Å². The molecule has 0 aliphatic heterocycles. The van der Waals surface area contributed by atoms with Gasteiger partial charge in [-0.25, -0.2) is 4.98 Å². The van der Waals surface area contributed by atoms with Crippen LogP contribution in [0.2, 0.25) is 0 Å². The SMILES string of the molecule is Cc1c(C(=O)Nc2nnc(C(C)C)s2)sc2ncn(Cc3ccccc3)c(=O)c12. The van der Waals surface area contributed by atoms with Crippen LogP contribution in [0.15, 0.2) is 41.5 Å². The van der Waals surface area contributed by atoms with E-state index in [1.165, 1.54) is 29.0 Å². The summed E-state index contributed by atoms with van der Waals surface area (Å²) < 4.78 is 1.57. The Morgan fingerprint density at radius 3 is 2.62 bits per heavy atom. The van der Waals surface area contributed by atoms with Crippen molar-refractivity contribution in [2.45, 2.75) is 33.2 Å². The number of thiophene rings is 1. The van der Waals surface area contributed by atoms with Crippen molar-refractivity contribution in [3.05, 3.63) is 68.0 Å². The van der Waals surface area contributed by atoms with Crippen LogP contribution < -0.4 is 10.9 Å². The third kappa shape index (κ3) is 3.83. The third-order valence-electron chi connectivity index (χ3n) is 4.47. The highest BCUT2D eigenvalue weighted by Crippen LogP contribution is 2.29. The molecule has 4 rings (SSSR count). The van der Waals surface area contributed by atoms with Crippen LogP contribution in [0.4, 0.5) is 5.13 Å². The minimum absolute atomic E-state index is 0.148. The summed E-state index contributed by atoms with van der Waals surface area (Å²) >= 11 is 2.57. The van der Waals surface area contributed by atoms with Crippen LogP contribution in [0.3, 0.4) is 0 Å². The summed E-state index contributed by atoms with van der Waals surface area (Å²) in [6, 6.07) is 9.72. The predicted octanol–water partition coefficient (Wildman–Crippen LogP) is 4.04. The molecule has 0 bridgehead atoms. The number of anilines is 1. The lowest BCUT2D eigenvalue weighted by molar-refractivity contribution is 0.103. The molecule has 3 heterocycles. The first-order valence-electron chi connectivity index (χ1n) is 9.11. The molecule has 0 aliphatic rings. The number of nitrogens with zero attached hydrogens (tertiary/aromatic N) is 4. The van der Waals surface area contributed by atoms with E-state index in [4.69, 9.17) is 0 Å². The molecule has 1 amide bonds. The van der Waals surface area contributed by atoms with Gasteiger partial charge < -0.3 is 0 Å². The first kappa shape index (κ1) is 19.4. The maximum atomic E-state index is 13.0. The predicted molar refractivity (Wildman–Crippen MR) is 116 cm³/mol. The van der Waals surface area contributed by atoms with Crippen LogP contribution >= 0.6 is 22.7 Å². The van der Waals surface area contributed by atoms with Gasteiger partial charge in [0.2, 0.25) is 5.13 Å². The molecule has 0 aliphatic carbocycles. The van der Waals surface area contributed by atoms with Crippen molar-refractivity contribution in [1.29, 1.82) is 0 Å². The van der Waals surface area contributed by atoms with E-state index in [1.807, 2.05) is 44.2 Å². The number of carbonyl (C=O) groups excluding carboxylic acids is 1. The van der Waals surface area contributed by atoms with Crippen molar-refractivity contribution in [3.8, 4) is 0 Å².